The van der Waals surface area contributed by atoms with E-state index in [2.05, 4.69) is 18.7 Å². The minimum Gasteiger partial charge on any atom is -0.383 e. The van der Waals surface area contributed by atoms with Gasteiger partial charge in [-0.1, -0.05) is 13.8 Å². The second-order valence-electron chi connectivity index (χ2n) is 5.96. The van der Waals surface area contributed by atoms with Gasteiger partial charge < -0.3 is 14.7 Å². The highest BCUT2D eigenvalue weighted by Crippen LogP contribution is 2.31. The topological polar surface area (TPSA) is 32.7 Å². The largest absolute Gasteiger partial charge is 0.414 e. The maximum atomic E-state index is 12.4. The van der Waals surface area contributed by atoms with Crippen molar-refractivity contribution in [2.24, 2.45) is 11.8 Å². The SMILES string of the molecule is CC(C)CCOCCN1CCC(C(O)C(F)(F)F)CC1. The highest BCUT2D eigenvalue weighted by molar-refractivity contribution is 4.81. The summed E-state index contributed by atoms with van der Waals surface area (Å²) >= 11 is 0. The van der Waals surface area contributed by atoms with Crippen molar-refractivity contribution in [3.05, 3.63) is 0 Å². The van der Waals surface area contributed by atoms with E-state index in [0.717, 1.165) is 19.6 Å². The number of alkyl halides is 3. The Kier molecular flexibility index (Phi) is 7.26. The van der Waals surface area contributed by atoms with Gasteiger partial charge in [-0.2, -0.15) is 13.2 Å². The molecular weight excluding hydrogens is 271 g/mol. The van der Waals surface area contributed by atoms with E-state index in [4.69, 9.17) is 4.74 Å². The fraction of sp³-hybridized carbons (Fsp3) is 1.00. The molecule has 1 unspecified atom stereocenters. The number of rotatable bonds is 7. The van der Waals surface area contributed by atoms with Crippen LogP contribution in [0.3, 0.4) is 0 Å². The number of ether oxygens (including phenoxy) is 1. The zero-order chi connectivity index (χ0) is 15.2. The molecule has 1 aliphatic heterocycles. The Bertz CT molecular complexity index is 264. The van der Waals surface area contributed by atoms with Gasteiger partial charge in [0, 0.05) is 13.2 Å². The second-order valence-corrected chi connectivity index (χ2v) is 5.96. The van der Waals surface area contributed by atoms with Crippen LogP contribution in [0.4, 0.5) is 13.2 Å². The quantitative estimate of drug-likeness (QED) is 0.733. The molecule has 0 spiro atoms. The van der Waals surface area contributed by atoms with Crippen LogP contribution in [-0.2, 0) is 4.74 Å². The lowest BCUT2D eigenvalue weighted by atomic mass is 9.91. The number of aliphatic hydroxyl groups is 1. The molecule has 20 heavy (non-hydrogen) atoms. The van der Waals surface area contributed by atoms with Gasteiger partial charge in [0.05, 0.1) is 6.61 Å². The lowest BCUT2D eigenvalue weighted by molar-refractivity contribution is -0.223. The summed E-state index contributed by atoms with van der Waals surface area (Å²) in [5, 5.41) is 9.23. The fourth-order valence-corrected chi connectivity index (χ4v) is 2.37. The van der Waals surface area contributed by atoms with Crippen LogP contribution in [0, 0.1) is 11.8 Å². The van der Waals surface area contributed by atoms with Gasteiger partial charge in [-0.25, -0.2) is 0 Å². The third-order valence-electron chi connectivity index (χ3n) is 3.81. The number of hydrogen-bond acceptors (Lipinski definition) is 3. The molecule has 1 aliphatic rings. The molecule has 0 aliphatic carbocycles. The third kappa shape index (κ3) is 6.41. The van der Waals surface area contributed by atoms with Crippen molar-refractivity contribution in [2.45, 2.75) is 45.4 Å². The van der Waals surface area contributed by atoms with Crippen molar-refractivity contribution in [3.8, 4) is 0 Å². The summed E-state index contributed by atoms with van der Waals surface area (Å²) in [4.78, 5) is 2.11. The van der Waals surface area contributed by atoms with Gasteiger partial charge in [-0.15, -0.1) is 0 Å². The second kappa shape index (κ2) is 8.20. The van der Waals surface area contributed by atoms with Crippen LogP contribution in [0.15, 0.2) is 0 Å². The van der Waals surface area contributed by atoms with E-state index in [1.807, 2.05) is 0 Å². The van der Waals surface area contributed by atoms with E-state index < -0.39 is 18.2 Å². The zero-order valence-electron chi connectivity index (χ0n) is 12.3. The highest BCUT2D eigenvalue weighted by Gasteiger charge is 2.44. The van der Waals surface area contributed by atoms with Gasteiger partial charge in [0.2, 0.25) is 0 Å². The summed E-state index contributed by atoms with van der Waals surface area (Å²) in [6.07, 6.45) is -4.85. The normalized spacial score (nSPS) is 20.6. The average Bonchev–Trinajstić information content (AvgIpc) is 2.37. The van der Waals surface area contributed by atoms with E-state index in [1.165, 1.54) is 0 Å². The Morgan fingerprint density at radius 1 is 1.20 bits per heavy atom. The number of hydrogen-bond donors (Lipinski definition) is 1. The Labute approximate surface area is 119 Å². The van der Waals surface area contributed by atoms with Gasteiger partial charge in [0.25, 0.3) is 0 Å². The van der Waals surface area contributed by atoms with E-state index in [1.54, 1.807) is 0 Å². The Hall–Kier alpha value is -0.330. The van der Waals surface area contributed by atoms with Crippen molar-refractivity contribution in [2.75, 3.05) is 32.8 Å². The predicted molar refractivity (Wildman–Crippen MR) is 71.5 cm³/mol. The number of aliphatic hydroxyl groups excluding tert-OH is 1. The summed E-state index contributed by atoms with van der Waals surface area (Å²) in [5.41, 5.74) is 0. The maximum absolute atomic E-state index is 12.4. The van der Waals surface area contributed by atoms with Crippen LogP contribution >= 0.6 is 0 Å². The van der Waals surface area contributed by atoms with Gasteiger partial charge in [-0.05, 0) is 44.2 Å². The number of likely N-dealkylation sites (tertiary alicyclic amines) is 1. The van der Waals surface area contributed by atoms with Gasteiger partial charge in [-0.3, -0.25) is 0 Å². The molecule has 0 bridgehead atoms. The molecule has 1 atom stereocenters. The van der Waals surface area contributed by atoms with Crippen LogP contribution in [0.5, 0.6) is 0 Å². The van der Waals surface area contributed by atoms with Gasteiger partial charge in [0.1, 0.15) is 0 Å². The number of halogens is 3. The average molecular weight is 297 g/mol. The zero-order valence-corrected chi connectivity index (χ0v) is 12.3. The third-order valence-corrected chi connectivity index (χ3v) is 3.81. The van der Waals surface area contributed by atoms with E-state index in [9.17, 15) is 18.3 Å². The molecular formula is C14H26F3NO2. The fourth-order valence-electron chi connectivity index (χ4n) is 2.37. The first kappa shape index (κ1) is 17.7. The predicted octanol–water partition coefficient (Wildman–Crippen LogP) is 2.68. The van der Waals surface area contributed by atoms with Crippen LogP contribution in [0.1, 0.15) is 33.1 Å². The first-order chi connectivity index (χ1) is 9.30. The lowest BCUT2D eigenvalue weighted by Crippen LogP contribution is -2.44. The first-order valence-corrected chi connectivity index (χ1v) is 7.35. The summed E-state index contributed by atoms with van der Waals surface area (Å²) in [6.45, 7) is 7.60. The van der Waals surface area contributed by atoms with Gasteiger partial charge >= 0.3 is 6.18 Å². The Morgan fingerprint density at radius 2 is 1.80 bits per heavy atom. The van der Waals surface area contributed by atoms with Gasteiger partial charge in [0.15, 0.2) is 6.10 Å². The molecule has 120 valence electrons. The van der Waals surface area contributed by atoms with Crippen LogP contribution in [0.2, 0.25) is 0 Å². The molecule has 0 amide bonds. The molecule has 6 heteroatoms. The van der Waals surface area contributed by atoms with Crippen LogP contribution < -0.4 is 0 Å². The molecule has 1 fully saturated rings. The molecule has 0 saturated carbocycles. The summed E-state index contributed by atoms with van der Waals surface area (Å²) < 4.78 is 42.7. The minimum absolute atomic E-state index is 0.396. The molecule has 0 aromatic rings. The highest BCUT2D eigenvalue weighted by atomic mass is 19.4. The van der Waals surface area contributed by atoms with Crippen molar-refractivity contribution in [1.82, 2.24) is 4.90 Å². The van der Waals surface area contributed by atoms with Crippen molar-refractivity contribution in [3.63, 3.8) is 0 Å². The van der Waals surface area contributed by atoms with E-state index >= 15 is 0 Å². The smallest absolute Gasteiger partial charge is 0.383 e. The minimum atomic E-state index is -4.49. The lowest BCUT2D eigenvalue weighted by Gasteiger charge is -2.34. The van der Waals surface area contributed by atoms with Crippen molar-refractivity contribution in [1.29, 1.82) is 0 Å². The number of piperidine rings is 1. The molecule has 3 nitrogen and oxygen atoms in total. The molecule has 0 radical (unpaired) electrons. The van der Waals surface area contributed by atoms with Crippen molar-refractivity contribution >= 4 is 0 Å². The number of nitrogens with zero attached hydrogens (tertiary/aromatic N) is 1. The monoisotopic (exact) mass is 297 g/mol. The molecule has 1 heterocycles. The van der Waals surface area contributed by atoms with E-state index in [0.29, 0.717) is 38.5 Å². The Balaban J connectivity index is 2.13. The molecule has 1 N–H and O–H groups in total. The first-order valence-electron chi connectivity index (χ1n) is 7.35. The molecule has 1 saturated heterocycles. The van der Waals surface area contributed by atoms with E-state index in [-0.39, 0.29) is 0 Å². The van der Waals surface area contributed by atoms with Crippen LogP contribution in [0.25, 0.3) is 0 Å². The summed E-state index contributed by atoms with van der Waals surface area (Å²) in [5.74, 6) is -0.0392. The standard InChI is InChI=1S/C14H26F3NO2/c1-11(2)5-9-20-10-8-18-6-3-12(4-7-18)13(19)14(15,16)17/h11-13,19H,3-10H2,1-2H3. The summed E-state index contributed by atoms with van der Waals surface area (Å²) in [6, 6.07) is 0. The van der Waals surface area contributed by atoms with Crippen LogP contribution in [-0.4, -0.2) is 55.1 Å². The summed E-state index contributed by atoms with van der Waals surface area (Å²) in [7, 11) is 0. The molecule has 0 aromatic heterocycles. The Morgan fingerprint density at radius 3 is 2.30 bits per heavy atom. The van der Waals surface area contributed by atoms with Crippen molar-refractivity contribution < 1.29 is 23.0 Å². The molecule has 1 rings (SSSR count). The molecule has 0 aromatic carbocycles. The maximum Gasteiger partial charge on any atom is 0.414 e.